The maximum Gasteiger partial charge on any atom is 0.509 e. The Balaban J connectivity index is 1.66. The van der Waals surface area contributed by atoms with Gasteiger partial charge in [0, 0.05) is 16.8 Å². The zero-order valence-electron chi connectivity index (χ0n) is 14.7. The molecule has 0 unspecified atom stereocenters. The predicted molar refractivity (Wildman–Crippen MR) is 106 cm³/mol. The SMILES string of the molecule is C=CCOC(=O)OCc1nc2cc(NC(=O)c3ccc(C=O)cc3)ccc2s1. The highest BCUT2D eigenvalue weighted by molar-refractivity contribution is 7.18. The van der Waals surface area contributed by atoms with Crippen LogP contribution in [0.15, 0.2) is 55.1 Å². The quantitative estimate of drug-likeness (QED) is 0.365. The maximum atomic E-state index is 12.3. The molecule has 0 aliphatic heterocycles. The summed E-state index contributed by atoms with van der Waals surface area (Å²) in [6.45, 7) is 3.53. The Morgan fingerprint density at radius 2 is 1.93 bits per heavy atom. The van der Waals surface area contributed by atoms with Crippen LogP contribution in [-0.4, -0.2) is 29.9 Å². The van der Waals surface area contributed by atoms with E-state index < -0.39 is 6.16 Å². The lowest BCUT2D eigenvalue weighted by atomic mass is 10.1. The molecule has 3 aromatic rings. The summed E-state index contributed by atoms with van der Waals surface area (Å²) in [5, 5.41) is 3.40. The topological polar surface area (TPSA) is 94.6 Å². The summed E-state index contributed by atoms with van der Waals surface area (Å²) in [7, 11) is 0. The van der Waals surface area contributed by atoms with Gasteiger partial charge >= 0.3 is 6.16 Å². The first-order chi connectivity index (χ1) is 13.6. The number of nitrogens with zero attached hydrogens (tertiary/aromatic N) is 1. The van der Waals surface area contributed by atoms with Gasteiger partial charge in [0.15, 0.2) is 0 Å². The second-order valence-corrected chi connectivity index (χ2v) is 6.74. The average molecular weight is 396 g/mol. The van der Waals surface area contributed by atoms with Gasteiger partial charge in [-0.15, -0.1) is 11.3 Å². The molecule has 0 atom stereocenters. The van der Waals surface area contributed by atoms with E-state index in [2.05, 4.69) is 16.9 Å². The molecule has 2 aromatic carbocycles. The maximum absolute atomic E-state index is 12.3. The summed E-state index contributed by atoms with van der Waals surface area (Å²) in [6.07, 6.45) is 1.39. The van der Waals surface area contributed by atoms with Gasteiger partial charge in [0.05, 0.1) is 10.2 Å². The normalized spacial score (nSPS) is 10.3. The minimum atomic E-state index is -0.785. The van der Waals surface area contributed by atoms with Crippen molar-refractivity contribution in [2.75, 3.05) is 11.9 Å². The van der Waals surface area contributed by atoms with E-state index in [9.17, 15) is 14.4 Å². The molecule has 142 valence electrons. The minimum absolute atomic E-state index is 0.0000953. The van der Waals surface area contributed by atoms with Crippen molar-refractivity contribution >= 4 is 45.6 Å². The first-order valence-corrected chi connectivity index (χ1v) is 9.07. The number of thiazole rings is 1. The number of nitrogens with one attached hydrogen (secondary N) is 1. The monoisotopic (exact) mass is 396 g/mol. The summed E-state index contributed by atoms with van der Waals surface area (Å²) < 4.78 is 10.6. The molecule has 1 N–H and O–H groups in total. The minimum Gasteiger partial charge on any atom is -0.430 e. The molecular weight excluding hydrogens is 380 g/mol. The first-order valence-electron chi connectivity index (χ1n) is 8.25. The fourth-order valence-electron chi connectivity index (χ4n) is 2.32. The number of carbonyl (C=O) groups is 3. The molecule has 1 heterocycles. The summed E-state index contributed by atoms with van der Waals surface area (Å²) in [6, 6.07) is 11.7. The second kappa shape index (κ2) is 8.92. The van der Waals surface area contributed by atoms with Crippen molar-refractivity contribution in [3.63, 3.8) is 0 Å². The van der Waals surface area contributed by atoms with Gasteiger partial charge < -0.3 is 14.8 Å². The van der Waals surface area contributed by atoms with Crippen LogP contribution in [0, 0.1) is 0 Å². The van der Waals surface area contributed by atoms with Gasteiger partial charge in [-0.1, -0.05) is 24.8 Å². The number of amides is 1. The Hall–Kier alpha value is -3.52. The van der Waals surface area contributed by atoms with Crippen LogP contribution in [0.4, 0.5) is 10.5 Å². The molecule has 28 heavy (non-hydrogen) atoms. The third kappa shape index (κ3) is 4.80. The Labute approximate surface area is 164 Å². The number of aromatic nitrogens is 1. The van der Waals surface area contributed by atoms with Gasteiger partial charge in [-0.25, -0.2) is 9.78 Å². The van der Waals surface area contributed by atoms with Gasteiger partial charge in [-0.3, -0.25) is 9.59 Å². The molecule has 0 aliphatic carbocycles. The lowest BCUT2D eigenvalue weighted by Crippen LogP contribution is -2.11. The van der Waals surface area contributed by atoms with Crippen molar-refractivity contribution in [1.29, 1.82) is 0 Å². The van der Waals surface area contributed by atoms with E-state index in [1.807, 2.05) is 6.07 Å². The van der Waals surface area contributed by atoms with E-state index in [1.165, 1.54) is 17.4 Å². The molecule has 0 spiro atoms. The van der Waals surface area contributed by atoms with Gasteiger partial charge in [0.25, 0.3) is 5.91 Å². The standard InChI is InChI=1S/C20H16N2O5S/c1-2-9-26-20(25)27-12-18-22-16-10-15(7-8-17(16)28-18)21-19(24)14-5-3-13(11-23)4-6-14/h2-8,10-11H,1,9,12H2,(H,21,24). The largest absolute Gasteiger partial charge is 0.509 e. The third-order valence-corrected chi connectivity index (χ3v) is 4.64. The van der Waals surface area contributed by atoms with Gasteiger partial charge in [0.1, 0.15) is 24.5 Å². The Bertz CT molecular complexity index is 1030. The number of aldehydes is 1. The second-order valence-electron chi connectivity index (χ2n) is 5.62. The lowest BCUT2D eigenvalue weighted by Gasteiger charge is -2.05. The van der Waals surface area contributed by atoms with Crippen LogP contribution in [0.1, 0.15) is 25.7 Å². The highest BCUT2D eigenvalue weighted by atomic mass is 32.1. The summed E-state index contributed by atoms with van der Waals surface area (Å²) in [5.74, 6) is -0.291. The number of hydrogen-bond acceptors (Lipinski definition) is 7. The smallest absolute Gasteiger partial charge is 0.430 e. The molecule has 0 saturated heterocycles. The van der Waals surface area contributed by atoms with Crippen LogP contribution in [0.5, 0.6) is 0 Å². The van der Waals surface area contributed by atoms with E-state index in [0.717, 1.165) is 11.0 Å². The van der Waals surface area contributed by atoms with E-state index in [0.29, 0.717) is 27.3 Å². The molecule has 1 aromatic heterocycles. The average Bonchev–Trinajstić information content (AvgIpc) is 3.13. The van der Waals surface area contributed by atoms with Crippen LogP contribution in [-0.2, 0) is 16.1 Å². The number of rotatable bonds is 7. The van der Waals surface area contributed by atoms with Gasteiger partial charge in [-0.2, -0.15) is 0 Å². The fourth-order valence-corrected chi connectivity index (χ4v) is 3.18. The summed E-state index contributed by atoms with van der Waals surface area (Å²) >= 11 is 1.38. The zero-order chi connectivity index (χ0) is 19.9. The molecule has 0 aliphatic rings. The molecule has 0 saturated carbocycles. The van der Waals surface area contributed by atoms with E-state index in [1.54, 1.807) is 36.4 Å². The van der Waals surface area contributed by atoms with Crippen LogP contribution in [0.2, 0.25) is 0 Å². The Morgan fingerprint density at radius 3 is 2.64 bits per heavy atom. The molecule has 0 bridgehead atoms. The Kier molecular flexibility index (Phi) is 6.13. The molecular formula is C20H16N2O5S. The van der Waals surface area contributed by atoms with Gasteiger partial charge in [0.2, 0.25) is 0 Å². The fraction of sp³-hybridized carbons (Fsp3) is 0.100. The predicted octanol–water partition coefficient (Wildman–Crippen LogP) is 4.20. The number of fused-ring (bicyclic) bond motifs is 1. The summed E-state index contributed by atoms with van der Waals surface area (Å²) in [4.78, 5) is 38.8. The highest BCUT2D eigenvalue weighted by Crippen LogP contribution is 2.26. The van der Waals surface area contributed by atoms with Crippen molar-refractivity contribution in [3.8, 4) is 0 Å². The van der Waals surface area contributed by atoms with Crippen LogP contribution in [0.25, 0.3) is 10.2 Å². The first kappa shape index (κ1) is 19.2. The number of ether oxygens (including phenoxy) is 2. The van der Waals surface area contributed by atoms with Gasteiger partial charge in [-0.05, 0) is 30.3 Å². The molecule has 0 radical (unpaired) electrons. The van der Waals surface area contributed by atoms with E-state index in [-0.39, 0.29) is 19.1 Å². The number of anilines is 1. The van der Waals surface area contributed by atoms with Crippen LogP contribution < -0.4 is 5.32 Å². The highest BCUT2D eigenvalue weighted by Gasteiger charge is 2.11. The van der Waals surface area contributed by atoms with E-state index in [4.69, 9.17) is 9.47 Å². The van der Waals surface area contributed by atoms with Crippen LogP contribution in [0.3, 0.4) is 0 Å². The summed E-state index contributed by atoms with van der Waals surface area (Å²) in [5.41, 5.74) is 2.21. The number of benzene rings is 2. The van der Waals surface area contributed by atoms with Crippen molar-refractivity contribution in [3.05, 3.63) is 71.3 Å². The lowest BCUT2D eigenvalue weighted by molar-refractivity contribution is 0.0576. The molecule has 8 heteroatoms. The van der Waals surface area contributed by atoms with Crippen molar-refractivity contribution in [2.45, 2.75) is 6.61 Å². The molecule has 7 nitrogen and oxygen atoms in total. The number of hydrogen-bond donors (Lipinski definition) is 1. The Morgan fingerprint density at radius 1 is 1.14 bits per heavy atom. The zero-order valence-corrected chi connectivity index (χ0v) is 15.5. The third-order valence-electron chi connectivity index (χ3n) is 3.63. The van der Waals surface area contributed by atoms with Crippen LogP contribution >= 0.6 is 11.3 Å². The van der Waals surface area contributed by atoms with E-state index >= 15 is 0 Å². The molecule has 3 rings (SSSR count). The van der Waals surface area contributed by atoms with Crippen molar-refractivity contribution < 1.29 is 23.9 Å². The van der Waals surface area contributed by atoms with Crippen molar-refractivity contribution in [1.82, 2.24) is 4.98 Å². The van der Waals surface area contributed by atoms with Crippen molar-refractivity contribution in [2.24, 2.45) is 0 Å². The molecule has 1 amide bonds. The molecule has 0 fully saturated rings. The number of carbonyl (C=O) groups excluding carboxylic acids is 3.